The number of halogens is 2. The van der Waals surface area contributed by atoms with Crippen LogP contribution in [0.3, 0.4) is 0 Å². The Hall–Kier alpha value is -1.36. The zero-order chi connectivity index (χ0) is 24.4. The molecule has 4 rings (SSSR count). The molecule has 1 aliphatic heterocycles. The third-order valence-corrected chi connectivity index (χ3v) is 7.80. The summed E-state index contributed by atoms with van der Waals surface area (Å²) in [7, 11) is 0. The smallest absolute Gasteiger partial charge is 0.265 e. The number of nitrogens with one attached hydrogen (secondary N) is 1. The SMILES string of the molecule is CC(=O)C12CCCC1CC(C)C2.CC1CCCNC1.CCCc1ncc(C(F)F)cc1CC. The van der Waals surface area contributed by atoms with Crippen molar-refractivity contribution in [3.8, 4) is 0 Å². The molecule has 0 spiro atoms. The Bertz CT molecular complexity index is 733. The minimum absolute atomic E-state index is 0.0294. The average molecular weight is 465 g/mol. The molecule has 2 aliphatic carbocycles. The van der Waals surface area contributed by atoms with Crippen LogP contribution < -0.4 is 5.32 Å². The monoisotopic (exact) mass is 464 g/mol. The van der Waals surface area contributed by atoms with Gasteiger partial charge in [0.1, 0.15) is 5.78 Å². The fourth-order valence-electron chi connectivity index (χ4n) is 6.03. The lowest BCUT2D eigenvalue weighted by molar-refractivity contribution is -0.127. The number of piperidine rings is 1. The molecule has 0 aromatic carbocycles. The number of fused-ring (bicyclic) bond motifs is 1. The van der Waals surface area contributed by atoms with Gasteiger partial charge < -0.3 is 5.32 Å². The summed E-state index contributed by atoms with van der Waals surface area (Å²) in [6.45, 7) is 12.9. The summed E-state index contributed by atoms with van der Waals surface area (Å²) in [4.78, 5) is 15.7. The Morgan fingerprint density at radius 3 is 2.45 bits per heavy atom. The Morgan fingerprint density at radius 1 is 1.21 bits per heavy atom. The van der Waals surface area contributed by atoms with Crippen LogP contribution in [0.4, 0.5) is 8.78 Å². The van der Waals surface area contributed by atoms with E-state index < -0.39 is 6.43 Å². The lowest BCUT2D eigenvalue weighted by Gasteiger charge is -2.25. The van der Waals surface area contributed by atoms with Crippen molar-refractivity contribution in [1.82, 2.24) is 10.3 Å². The van der Waals surface area contributed by atoms with Crippen molar-refractivity contribution < 1.29 is 13.6 Å². The Kier molecular flexibility index (Phi) is 11.4. The highest BCUT2D eigenvalue weighted by Gasteiger charge is 2.51. The van der Waals surface area contributed by atoms with Crippen LogP contribution in [0.5, 0.6) is 0 Å². The largest absolute Gasteiger partial charge is 0.316 e. The molecule has 33 heavy (non-hydrogen) atoms. The van der Waals surface area contributed by atoms with Crippen molar-refractivity contribution >= 4 is 5.78 Å². The predicted octanol–water partition coefficient (Wildman–Crippen LogP) is 7.33. The molecular weight excluding hydrogens is 418 g/mol. The second-order valence-electron chi connectivity index (χ2n) is 10.6. The number of hydrogen-bond donors (Lipinski definition) is 1. The van der Waals surface area contributed by atoms with Crippen molar-refractivity contribution in [3.63, 3.8) is 0 Å². The number of rotatable bonds is 5. The zero-order valence-corrected chi connectivity index (χ0v) is 21.6. The van der Waals surface area contributed by atoms with Crippen LogP contribution in [0.2, 0.25) is 0 Å². The molecule has 1 aromatic rings. The van der Waals surface area contributed by atoms with E-state index in [0.29, 0.717) is 5.78 Å². The van der Waals surface area contributed by atoms with Crippen LogP contribution in [0.25, 0.3) is 0 Å². The average Bonchev–Trinajstić information content (AvgIpc) is 3.33. The van der Waals surface area contributed by atoms with Gasteiger partial charge in [-0.15, -0.1) is 0 Å². The molecule has 4 unspecified atom stereocenters. The normalized spacial score (nSPS) is 28.4. The molecule has 0 amide bonds. The number of Topliss-reactive ketones (excluding diaryl/α,β-unsaturated/α-hetero) is 1. The molecule has 0 bridgehead atoms. The van der Waals surface area contributed by atoms with E-state index in [1.54, 1.807) is 13.0 Å². The topological polar surface area (TPSA) is 42.0 Å². The lowest BCUT2D eigenvalue weighted by atomic mass is 9.77. The highest BCUT2D eigenvalue weighted by atomic mass is 19.3. The molecule has 0 radical (unpaired) electrons. The van der Waals surface area contributed by atoms with E-state index in [2.05, 4.69) is 31.1 Å². The van der Waals surface area contributed by atoms with E-state index in [-0.39, 0.29) is 11.0 Å². The third kappa shape index (κ3) is 7.83. The van der Waals surface area contributed by atoms with Gasteiger partial charge in [0.15, 0.2) is 0 Å². The maximum Gasteiger partial charge on any atom is 0.265 e. The van der Waals surface area contributed by atoms with Gasteiger partial charge in [0.25, 0.3) is 6.43 Å². The molecule has 2 saturated carbocycles. The number of aryl methyl sites for hydroxylation is 2. The summed E-state index contributed by atoms with van der Waals surface area (Å²) in [6.07, 6.45) is 10.6. The summed E-state index contributed by atoms with van der Waals surface area (Å²) in [5, 5.41) is 3.33. The van der Waals surface area contributed by atoms with E-state index in [9.17, 15) is 13.6 Å². The van der Waals surface area contributed by atoms with E-state index in [1.807, 2.05) is 6.92 Å². The number of ketones is 1. The van der Waals surface area contributed by atoms with Gasteiger partial charge in [-0.05, 0) is 101 Å². The minimum atomic E-state index is -2.41. The van der Waals surface area contributed by atoms with Crippen LogP contribution in [0, 0.1) is 23.2 Å². The maximum absolute atomic E-state index is 12.4. The van der Waals surface area contributed by atoms with Crippen molar-refractivity contribution in [3.05, 3.63) is 29.1 Å². The highest BCUT2D eigenvalue weighted by Crippen LogP contribution is 2.56. The van der Waals surface area contributed by atoms with Gasteiger partial charge in [-0.25, -0.2) is 8.78 Å². The fraction of sp³-hybridized carbons (Fsp3) is 0.786. The zero-order valence-electron chi connectivity index (χ0n) is 21.6. The summed E-state index contributed by atoms with van der Waals surface area (Å²) in [5.74, 6) is 2.92. The van der Waals surface area contributed by atoms with Gasteiger partial charge in [-0.1, -0.05) is 40.5 Å². The van der Waals surface area contributed by atoms with E-state index in [4.69, 9.17) is 0 Å². The molecule has 5 heteroatoms. The van der Waals surface area contributed by atoms with Crippen LogP contribution in [0.1, 0.15) is 109 Å². The summed E-state index contributed by atoms with van der Waals surface area (Å²) >= 11 is 0. The maximum atomic E-state index is 12.4. The predicted molar refractivity (Wildman–Crippen MR) is 133 cm³/mol. The van der Waals surface area contributed by atoms with Crippen LogP contribution in [0.15, 0.2) is 12.3 Å². The number of nitrogens with zero attached hydrogens (tertiary/aromatic N) is 1. The van der Waals surface area contributed by atoms with E-state index >= 15 is 0 Å². The summed E-state index contributed by atoms with van der Waals surface area (Å²) in [6, 6.07) is 1.57. The Labute approximate surface area is 200 Å². The molecule has 188 valence electrons. The van der Waals surface area contributed by atoms with Crippen LogP contribution in [-0.2, 0) is 17.6 Å². The van der Waals surface area contributed by atoms with E-state index in [0.717, 1.165) is 48.3 Å². The number of carbonyl (C=O) groups is 1. The molecule has 3 fully saturated rings. The first-order valence-electron chi connectivity index (χ1n) is 13.2. The van der Waals surface area contributed by atoms with Crippen molar-refractivity contribution in [2.24, 2.45) is 23.2 Å². The molecule has 4 atom stereocenters. The second kappa shape index (κ2) is 13.5. The molecule has 1 aromatic heterocycles. The van der Waals surface area contributed by atoms with Crippen LogP contribution >= 0.6 is 0 Å². The van der Waals surface area contributed by atoms with Gasteiger partial charge in [-0.3, -0.25) is 9.78 Å². The number of pyridine rings is 1. The van der Waals surface area contributed by atoms with Gasteiger partial charge >= 0.3 is 0 Å². The number of carbonyl (C=O) groups excluding carboxylic acids is 1. The lowest BCUT2D eigenvalue weighted by Crippen LogP contribution is -2.28. The van der Waals surface area contributed by atoms with Gasteiger partial charge in [0.05, 0.1) is 0 Å². The molecule has 3 nitrogen and oxygen atoms in total. The minimum Gasteiger partial charge on any atom is -0.316 e. The molecule has 1 N–H and O–H groups in total. The molecule has 1 saturated heterocycles. The van der Waals surface area contributed by atoms with Gasteiger partial charge in [0, 0.05) is 22.9 Å². The molecule has 2 heterocycles. The fourth-order valence-corrected chi connectivity index (χ4v) is 6.03. The summed E-state index contributed by atoms with van der Waals surface area (Å²) in [5.41, 5.74) is 2.07. The summed E-state index contributed by atoms with van der Waals surface area (Å²) < 4.78 is 24.7. The van der Waals surface area contributed by atoms with Crippen molar-refractivity contribution in [2.45, 2.75) is 105 Å². The Morgan fingerprint density at radius 2 is 1.97 bits per heavy atom. The number of hydrogen-bond acceptors (Lipinski definition) is 3. The Balaban J connectivity index is 0.000000184. The first kappa shape index (κ1) is 27.9. The highest BCUT2D eigenvalue weighted by molar-refractivity contribution is 5.83. The first-order chi connectivity index (χ1) is 15.7. The third-order valence-electron chi connectivity index (χ3n) is 7.80. The second-order valence-corrected chi connectivity index (χ2v) is 10.6. The molecule has 3 aliphatic rings. The van der Waals surface area contributed by atoms with Crippen molar-refractivity contribution in [2.75, 3.05) is 13.1 Å². The quantitative estimate of drug-likeness (QED) is 0.496. The van der Waals surface area contributed by atoms with Gasteiger partial charge in [0.2, 0.25) is 0 Å². The standard InChI is InChI=1S/C11H15F2N.C11H18O.C6H13N/c1-3-5-10-8(4-2)6-9(7-14-10)11(12)13;1-8-6-10-4-3-5-11(10,7-8)9(2)12;1-6-3-2-4-7-5-6/h6-7,11H,3-5H2,1-2H3;8,10H,3-7H2,1-2H3;6-7H,2-5H2,1H3. The van der Waals surface area contributed by atoms with Gasteiger partial charge in [-0.2, -0.15) is 0 Å². The number of alkyl halides is 2. The van der Waals surface area contributed by atoms with Crippen LogP contribution in [-0.4, -0.2) is 23.9 Å². The number of aromatic nitrogens is 1. The first-order valence-corrected chi connectivity index (χ1v) is 13.2. The van der Waals surface area contributed by atoms with Crippen molar-refractivity contribution in [1.29, 1.82) is 0 Å². The van der Waals surface area contributed by atoms with E-state index in [1.165, 1.54) is 64.2 Å². The molecular formula is C28H46F2N2O.